The van der Waals surface area contributed by atoms with Crippen LogP contribution in [-0.4, -0.2) is 42.0 Å². The number of amides is 1. The summed E-state index contributed by atoms with van der Waals surface area (Å²) in [4.78, 5) is 13.5. The quantitative estimate of drug-likeness (QED) is 0.770. The van der Waals surface area contributed by atoms with Crippen molar-refractivity contribution in [1.29, 1.82) is 0 Å². The maximum Gasteiger partial charge on any atom is 0.221 e. The highest BCUT2D eigenvalue weighted by molar-refractivity contribution is 7.99. The highest BCUT2D eigenvalue weighted by atomic mass is 32.2. The van der Waals surface area contributed by atoms with E-state index in [4.69, 9.17) is 9.47 Å². The minimum atomic E-state index is 0.0413. The lowest BCUT2D eigenvalue weighted by molar-refractivity contribution is -0.121. The Kier molecular flexibility index (Phi) is 5.72. The third-order valence-electron chi connectivity index (χ3n) is 4.67. The van der Waals surface area contributed by atoms with E-state index in [1.165, 1.54) is 0 Å². The first-order chi connectivity index (χ1) is 12.2. The molecule has 3 rings (SSSR count). The zero-order valence-corrected chi connectivity index (χ0v) is 17.0. The van der Waals surface area contributed by atoms with Crippen LogP contribution < -0.4 is 20.1 Å². The molecule has 1 amide bonds. The molecule has 5 nitrogen and oxygen atoms in total. The molecule has 1 aromatic rings. The number of ether oxygens (including phenoxy) is 2. The second kappa shape index (κ2) is 7.69. The van der Waals surface area contributed by atoms with E-state index in [0.29, 0.717) is 19.6 Å². The summed E-state index contributed by atoms with van der Waals surface area (Å²) in [6, 6.07) is 6.19. The molecule has 0 aliphatic carbocycles. The third-order valence-corrected chi connectivity index (χ3v) is 5.66. The van der Waals surface area contributed by atoms with E-state index in [0.717, 1.165) is 35.0 Å². The minimum Gasteiger partial charge on any atom is -0.486 e. The van der Waals surface area contributed by atoms with Crippen LogP contribution in [0.25, 0.3) is 0 Å². The molecule has 0 radical (unpaired) electrons. The van der Waals surface area contributed by atoms with Crippen molar-refractivity contribution in [2.45, 2.75) is 69.0 Å². The summed E-state index contributed by atoms with van der Waals surface area (Å²) in [7, 11) is 0. The zero-order valence-electron chi connectivity index (χ0n) is 16.2. The predicted octanol–water partition coefficient (Wildman–Crippen LogP) is 3.37. The number of rotatable bonds is 5. The number of hydrogen-bond acceptors (Lipinski definition) is 5. The minimum absolute atomic E-state index is 0.0413. The summed E-state index contributed by atoms with van der Waals surface area (Å²) >= 11 is 1.67. The second-order valence-electron chi connectivity index (χ2n) is 8.47. The number of piperidine rings is 1. The highest BCUT2D eigenvalue weighted by Gasteiger charge is 2.38. The molecule has 26 heavy (non-hydrogen) atoms. The Bertz CT molecular complexity index is 644. The summed E-state index contributed by atoms with van der Waals surface area (Å²) in [5.74, 6) is 2.48. The lowest BCUT2D eigenvalue weighted by Crippen LogP contribution is -2.62. The number of benzene rings is 1. The average Bonchev–Trinajstić information content (AvgIpc) is 2.51. The Balaban J connectivity index is 1.46. The molecule has 1 saturated heterocycles. The summed E-state index contributed by atoms with van der Waals surface area (Å²) in [6.45, 7) is 9.99. The maximum atomic E-state index is 12.4. The van der Waals surface area contributed by atoms with E-state index in [1.807, 2.05) is 18.2 Å². The lowest BCUT2D eigenvalue weighted by atomic mass is 9.79. The van der Waals surface area contributed by atoms with E-state index >= 15 is 0 Å². The van der Waals surface area contributed by atoms with Gasteiger partial charge in [0, 0.05) is 34.2 Å². The zero-order chi connectivity index (χ0) is 18.8. The first kappa shape index (κ1) is 19.4. The topological polar surface area (TPSA) is 59.6 Å². The van der Waals surface area contributed by atoms with Gasteiger partial charge in [-0.3, -0.25) is 4.79 Å². The summed E-state index contributed by atoms with van der Waals surface area (Å²) in [6.07, 6.45) is 2.43. The van der Waals surface area contributed by atoms with E-state index < -0.39 is 0 Å². The largest absolute Gasteiger partial charge is 0.486 e. The summed E-state index contributed by atoms with van der Waals surface area (Å²) < 4.78 is 11.1. The van der Waals surface area contributed by atoms with Gasteiger partial charge in [0.15, 0.2) is 11.5 Å². The molecule has 2 N–H and O–H groups in total. The highest BCUT2D eigenvalue weighted by Crippen LogP contribution is 2.34. The van der Waals surface area contributed by atoms with Crippen LogP contribution in [0.2, 0.25) is 0 Å². The molecule has 0 atom stereocenters. The molecule has 2 aliphatic rings. The van der Waals surface area contributed by atoms with Crippen LogP contribution in [0, 0.1) is 0 Å². The van der Waals surface area contributed by atoms with Gasteiger partial charge >= 0.3 is 0 Å². The molecule has 6 heteroatoms. The molecule has 0 bridgehead atoms. The summed E-state index contributed by atoms with van der Waals surface area (Å²) in [5, 5.41) is 6.88. The van der Waals surface area contributed by atoms with Crippen molar-refractivity contribution in [1.82, 2.24) is 10.6 Å². The number of thioether (sulfide) groups is 1. The Labute approximate surface area is 160 Å². The van der Waals surface area contributed by atoms with Gasteiger partial charge in [0.1, 0.15) is 13.2 Å². The SMILES string of the molecule is CC1(C)CC(NC(=O)CCSc2ccc3c(c2)OCCO3)CC(C)(C)N1. The van der Waals surface area contributed by atoms with Gasteiger partial charge in [-0.2, -0.15) is 0 Å². The van der Waals surface area contributed by atoms with Crippen LogP contribution in [0.15, 0.2) is 23.1 Å². The van der Waals surface area contributed by atoms with Crippen LogP contribution >= 0.6 is 11.8 Å². The average molecular weight is 379 g/mol. The number of carbonyl (C=O) groups excluding carboxylic acids is 1. The molecule has 0 unspecified atom stereocenters. The molecule has 2 aliphatic heterocycles. The Hall–Kier alpha value is -1.40. The Morgan fingerprint density at radius 1 is 1.15 bits per heavy atom. The lowest BCUT2D eigenvalue weighted by Gasteiger charge is -2.46. The fourth-order valence-electron chi connectivity index (χ4n) is 4.10. The number of nitrogens with one attached hydrogen (secondary N) is 2. The molecule has 144 valence electrons. The molecule has 0 aromatic heterocycles. The van der Waals surface area contributed by atoms with Crippen molar-refractivity contribution < 1.29 is 14.3 Å². The number of carbonyl (C=O) groups is 1. The summed E-state index contributed by atoms with van der Waals surface area (Å²) in [5.41, 5.74) is 0.0826. The van der Waals surface area contributed by atoms with Gasteiger partial charge in [-0.1, -0.05) is 0 Å². The molecule has 0 spiro atoms. The molecule has 2 heterocycles. The van der Waals surface area contributed by atoms with E-state index in [9.17, 15) is 4.79 Å². The van der Waals surface area contributed by atoms with Crippen LogP contribution in [0.4, 0.5) is 0 Å². The van der Waals surface area contributed by atoms with E-state index in [-0.39, 0.29) is 23.0 Å². The molecular formula is C20H30N2O3S. The molecule has 0 saturated carbocycles. The van der Waals surface area contributed by atoms with Crippen LogP contribution in [-0.2, 0) is 4.79 Å². The Morgan fingerprint density at radius 3 is 2.50 bits per heavy atom. The molecule has 1 fully saturated rings. The fourth-order valence-corrected chi connectivity index (χ4v) is 4.98. The smallest absolute Gasteiger partial charge is 0.221 e. The van der Waals surface area contributed by atoms with Crippen LogP contribution in [0.5, 0.6) is 11.5 Å². The van der Waals surface area contributed by atoms with Crippen molar-refractivity contribution >= 4 is 17.7 Å². The predicted molar refractivity (Wildman–Crippen MR) is 105 cm³/mol. The van der Waals surface area contributed by atoms with Gasteiger partial charge in [-0.15, -0.1) is 11.8 Å². The van der Waals surface area contributed by atoms with Crippen LogP contribution in [0.3, 0.4) is 0 Å². The van der Waals surface area contributed by atoms with Crippen molar-refractivity contribution in [2.75, 3.05) is 19.0 Å². The normalized spacial score (nSPS) is 21.2. The maximum absolute atomic E-state index is 12.4. The van der Waals surface area contributed by atoms with E-state index in [1.54, 1.807) is 11.8 Å². The van der Waals surface area contributed by atoms with E-state index in [2.05, 4.69) is 38.3 Å². The molecule has 1 aromatic carbocycles. The van der Waals surface area contributed by atoms with Gasteiger partial charge in [0.2, 0.25) is 5.91 Å². The molecular weight excluding hydrogens is 348 g/mol. The monoisotopic (exact) mass is 378 g/mol. The van der Waals surface area contributed by atoms with Gasteiger partial charge < -0.3 is 20.1 Å². The van der Waals surface area contributed by atoms with Crippen LogP contribution in [0.1, 0.15) is 47.0 Å². The van der Waals surface area contributed by atoms with Crippen molar-refractivity contribution in [2.24, 2.45) is 0 Å². The number of fused-ring (bicyclic) bond motifs is 1. The first-order valence-electron chi connectivity index (χ1n) is 9.34. The second-order valence-corrected chi connectivity index (χ2v) is 9.64. The van der Waals surface area contributed by atoms with Gasteiger partial charge in [0.05, 0.1) is 0 Å². The fraction of sp³-hybridized carbons (Fsp3) is 0.650. The van der Waals surface area contributed by atoms with Gasteiger partial charge in [-0.05, 0) is 58.7 Å². The van der Waals surface area contributed by atoms with Gasteiger partial charge in [0.25, 0.3) is 0 Å². The standard InChI is InChI=1S/C20H30N2O3S/c1-19(2)12-14(13-20(3,4)22-19)21-18(23)7-10-26-15-5-6-16-17(11-15)25-9-8-24-16/h5-6,11,14,22H,7-10,12-13H2,1-4H3,(H,21,23). The Morgan fingerprint density at radius 2 is 1.81 bits per heavy atom. The first-order valence-corrected chi connectivity index (χ1v) is 10.3. The third kappa shape index (κ3) is 5.30. The van der Waals surface area contributed by atoms with Crippen molar-refractivity contribution in [3.05, 3.63) is 18.2 Å². The van der Waals surface area contributed by atoms with Crippen molar-refractivity contribution in [3.63, 3.8) is 0 Å². The van der Waals surface area contributed by atoms with Gasteiger partial charge in [-0.25, -0.2) is 0 Å². The van der Waals surface area contributed by atoms with Crippen molar-refractivity contribution in [3.8, 4) is 11.5 Å². The number of hydrogen-bond donors (Lipinski definition) is 2.